The van der Waals surface area contributed by atoms with E-state index in [1.54, 1.807) is 19.2 Å². The van der Waals surface area contributed by atoms with Crippen LogP contribution < -0.4 is 20.1 Å². The first kappa shape index (κ1) is 17.7. The molecule has 0 aliphatic carbocycles. The average molecular weight is 369 g/mol. The molecule has 0 spiro atoms. The number of nitrogens with one attached hydrogen (secondary N) is 3. The topological polar surface area (TPSA) is 58.3 Å². The highest BCUT2D eigenvalue weighted by Gasteiger charge is 2.19. The minimum absolute atomic E-state index is 0.0757. The fourth-order valence-corrected chi connectivity index (χ4v) is 3.46. The van der Waals surface area contributed by atoms with Crippen LogP contribution >= 0.6 is 0 Å². The monoisotopic (exact) mass is 369 g/mol. The number of aryl methyl sites for hydroxylation is 1. The predicted molar refractivity (Wildman–Crippen MR) is 105 cm³/mol. The molecule has 4 rings (SSSR count). The molecule has 0 radical (unpaired) electrons. The van der Waals surface area contributed by atoms with Crippen LogP contribution in [0.25, 0.3) is 10.9 Å². The van der Waals surface area contributed by atoms with Gasteiger partial charge in [-0.25, -0.2) is 4.39 Å². The molecule has 0 fully saturated rings. The zero-order valence-corrected chi connectivity index (χ0v) is 15.3. The van der Waals surface area contributed by atoms with Crippen molar-refractivity contribution in [3.8, 4) is 11.5 Å². The number of ether oxygens (including phenoxy) is 2. The molecule has 1 aromatic heterocycles. The third-order valence-corrected chi connectivity index (χ3v) is 4.90. The molecular formula is C21H24FN3O2. The molecular weight excluding hydrogens is 345 g/mol. The molecule has 3 aromatic rings. The molecule has 1 unspecified atom stereocenters. The van der Waals surface area contributed by atoms with Crippen LogP contribution in [0.3, 0.4) is 0 Å². The number of benzene rings is 2. The number of hydrogen-bond acceptors (Lipinski definition) is 4. The van der Waals surface area contributed by atoms with Crippen molar-refractivity contribution in [2.24, 2.45) is 0 Å². The quantitative estimate of drug-likeness (QED) is 0.556. The van der Waals surface area contributed by atoms with E-state index in [-0.39, 0.29) is 11.9 Å². The normalized spacial score (nSPS) is 15.9. The van der Waals surface area contributed by atoms with Gasteiger partial charge in [-0.3, -0.25) is 0 Å². The summed E-state index contributed by atoms with van der Waals surface area (Å²) in [5, 5.41) is 7.82. The number of rotatable bonds is 7. The molecule has 1 aliphatic heterocycles. The summed E-state index contributed by atoms with van der Waals surface area (Å²) in [6.07, 6.45) is 3.93. The Morgan fingerprint density at radius 1 is 1.26 bits per heavy atom. The maximum atomic E-state index is 13.4. The second-order valence-electron chi connectivity index (χ2n) is 6.79. The maximum Gasteiger partial charge on any atom is 0.146 e. The first-order chi connectivity index (χ1) is 13.2. The summed E-state index contributed by atoms with van der Waals surface area (Å²) >= 11 is 0. The number of fused-ring (bicyclic) bond motifs is 2. The number of hydrogen-bond donors (Lipinski definition) is 3. The Kier molecular flexibility index (Phi) is 5.16. The Bertz CT molecular complexity index is 925. The van der Waals surface area contributed by atoms with Gasteiger partial charge in [-0.15, -0.1) is 0 Å². The van der Waals surface area contributed by atoms with Gasteiger partial charge in [-0.05, 0) is 55.3 Å². The molecule has 5 nitrogen and oxygen atoms in total. The molecule has 0 amide bonds. The molecule has 6 heteroatoms. The van der Waals surface area contributed by atoms with E-state index in [0.717, 1.165) is 66.1 Å². The zero-order chi connectivity index (χ0) is 18.6. The van der Waals surface area contributed by atoms with Crippen LogP contribution in [0, 0.1) is 5.82 Å². The standard InChI is InChI=1S/C21H24FN3O2/c1-26-16-5-7-20-21(10-16)27-17(13-25-20)12-23-8-2-3-14-11-24-19-6-4-15(22)9-18(14)19/h4-7,9-11,17,23-25H,2-3,8,12-13H2,1H3. The molecule has 1 aliphatic rings. The van der Waals surface area contributed by atoms with Crippen LogP contribution in [0.15, 0.2) is 42.6 Å². The van der Waals surface area contributed by atoms with Gasteiger partial charge in [0.1, 0.15) is 23.4 Å². The van der Waals surface area contributed by atoms with Gasteiger partial charge >= 0.3 is 0 Å². The largest absolute Gasteiger partial charge is 0.497 e. The van der Waals surface area contributed by atoms with Gasteiger partial charge in [0.2, 0.25) is 0 Å². The first-order valence-electron chi connectivity index (χ1n) is 9.28. The summed E-state index contributed by atoms with van der Waals surface area (Å²) in [5.41, 5.74) is 3.14. The third-order valence-electron chi connectivity index (χ3n) is 4.90. The lowest BCUT2D eigenvalue weighted by Gasteiger charge is -2.28. The fourth-order valence-electron chi connectivity index (χ4n) is 3.46. The van der Waals surface area contributed by atoms with Crippen molar-refractivity contribution >= 4 is 16.6 Å². The number of aromatic nitrogens is 1. The number of methoxy groups -OCH3 is 1. The van der Waals surface area contributed by atoms with Crippen LogP contribution in [0.2, 0.25) is 0 Å². The highest BCUT2D eigenvalue weighted by Crippen LogP contribution is 2.32. The van der Waals surface area contributed by atoms with Crippen LogP contribution in [0.4, 0.5) is 10.1 Å². The van der Waals surface area contributed by atoms with Crippen LogP contribution in [0.1, 0.15) is 12.0 Å². The van der Waals surface area contributed by atoms with E-state index >= 15 is 0 Å². The Labute approximate surface area is 157 Å². The van der Waals surface area contributed by atoms with Gasteiger partial charge in [0, 0.05) is 29.7 Å². The first-order valence-corrected chi connectivity index (χ1v) is 9.28. The highest BCUT2D eigenvalue weighted by atomic mass is 19.1. The molecule has 142 valence electrons. The van der Waals surface area contributed by atoms with Crippen LogP contribution in [0.5, 0.6) is 11.5 Å². The lowest BCUT2D eigenvalue weighted by atomic mass is 10.1. The van der Waals surface area contributed by atoms with Gasteiger partial charge in [0.25, 0.3) is 0 Å². The second kappa shape index (κ2) is 7.88. The number of aromatic amines is 1. The van der Waals surface area contributed by atoms with Crippen molar-refractivity contribution < 1.29 is 13.9 Å². The van der Waals surface area contributed by atoms with E-state index in [1.807, 2.05) is 24.4 Å². The Hall–Kier alpha value is -2.73. The average Bonchev–Trinajstić information content (AvgIpc) is 3.09. The lowest BCUT2D eigenvalue weighted by molar-refractivity contribution is 0.201. The van der Waals surface area contributed by atoms with Crippen molar-refractivity contribution in [2.45, 2.75) is 18.9 Å². The van der Waals surface area contributed by atoms with E-state index in [1.165, 1.54) is 6.07 Å². The van der Waals surface area contributed by atoms with Gasteiger partial charge < -0.3 is 25.1 Å². The molecule has 1 atom stereocenters. The third kappa shape index (κ3) is 4.01. The van der Waals surface area contributed by atoms with E-state index in [2.05, 4.69) is 15.6 Å². The van der Waals surface area contributed by atoms with Crippen molar-refractivity contribution in [1.82, 2.24) is 10.3 Å². The van der Waals surface area contributed by atoms with E-state index in [0.29, 0.717) is 0 Å². The van der Waals surface area contributed by atoms with Gasteiger partial charge in [-0.1, -0.05) is 0 Å². The zero-order valence-electron chi connectivity index (χ0n) is 15.3. The summed E-state index contributed by atoms with van der Waals surface area (Å²) < 4.78 is 24.7. The predicted octanol–water partition coefficient (Wildman–Crippen LogP) is 3.71. The molecule has 3 N–H and O–H groups in total. The minimum atomic E-state index is -0.194. The van der Waals surface area contributed by atoms with Crippen LogP contribution in [-0.2, 0) is 6.42 Å². The van der Waals surface area contributed by atoms with E-state index in [4.69, 9.17) is 9.47 Å². The lowest BCUT2D eigenvalue weighted by Crippen LogP contribution is -2.39. The highest BCUT2D eigenvalue weighted by molar-refractivity contribution is 5.83. The van der Waals surface area contributed by atoms with Crippen molar-refractivity contribution in [3.63, 3.8) is 0 Å². The SMILES string of the molecule is COc1ccc2c(c1)OC(CNCCCc1c[nH]c3ccc(F)cc13)CN2. The molecule has 2 heterocycles. The van der Waals surface area contributed by atoms with Crippen LogP contribution in [-0.4, -0.2) is 37.8 Å². The minimum Gasteiger partial charge on any atom is -0.497 e. The van der Waals surface area contributed by atoms with E-state index in [9.17, 15) is 4.39 Å². The van der Waals surface area contributed by atoms with Crippen molar-refractivity contribution in [1.29, 1.82) is 0 Å². The summed E-state index contributed by atoms with van der Waals surface area (Å²) in [5.74, 6) is 1.42. The number of anilines is 1. The molecule has 2 aromatic carbocycles. The summed E-state index contributed by atoms with van der Waals surface area (Å²) in [6, 6.07) is 10.7. The van der Waals surface area contributed by atoms with E-state index < -0.39 is 0 Å². The number of H-pyrrole nitrogens is 1. The molecule has 27 heavy (non-hydrogen) atoms. The summed E-state index contributed by atoms with van der Waals surface area (Å²) in [6.45, 7) is 2.42. The molecule has 0 saturated heterocycles. The van der Waals surface area contributed by atoms with Gasteiger partial charge in [0.15, 0.2) is 0 Å². The number of halogens is 1. The summed E-state index contributed by atoms with van der Waals surface area (Å²) in [7, 11) is 1.65. The van der Waals surface area contributed by atoms with Gasteiger partial charge in [0.05, 0.1) is 19.3 Å². The van der Waals surface area contributed by atoms with Crippen molar-refractivity contribution in [2.75, 3.05) is 32.1 Å². The molecule has 0 saturated carbocycles. The Morgan fingerprint density at radius 3 is 3.07 bits per heavy atom. The maximum absolute atomic E-state index is 13.4. The fraction of sp³-hybridized carbons (Fsp3) is 0.333. The summed E-state index contributed by atoms with van der Waals surface area (Å²) in [4.78, 5) is 3.20. The smallest absolute Gasteiger partial charge is 0.146 e. The van der Waals surface area contributed by atoms with Crippen molar-refractivity contribution in [3.05, 3.63) is 54.0 Å². The second-order valence-corrected chi connectivity index (χ2v) is 6.79. The Morgan fingerprint density at radius 2 is 2.19 bits per heavy atom. The molecule has 0 bridgehead atoms. The Balaban J connectivity index is 1.24. The van der Waals surface area contributed by atoms with Gasteiger partial charge in [-0.2, -0.15) is 0 Å².